The van der Waals surface area contributed by atoms with E-state index < -0.39 is 0 Å². The van der Waals surface area contributed by atoms with Crippen LogP contribution in [-0.4, -0.2) is 21.9 Å². The highest BCUT2D eigenvalue weighted by Crippen LogP contribution is 2.41. The van der Waals surface area contributed by atoms with Crippen molar-refractivity contribution in [2.75, 3.05) is 6.54 Å². The van der Waals surface area contributed by atoms with Gasteiger partial charge in [0.15, 0.2) is 5.17 Å². The number of nitrogens with one attached hydrogen (secondary N) is 1. The van der Waals surface area contributed by atoms with Crippen LogP contribution in [-0.2, 0) is 6.42 Å². The fourth-order valence-electron chi connectivity index (χ4n) is 2.12. The molecule has 0 aromatic carbocycles. The SMILES string of the molecule is CCc1cnc(C(C)NC2=NCC(C3CC3)S2)s1. The van der Waals surface area contributed by atoms with Crippen LogP contribution < -0.4 is 5.32 Å². The maximum Gasteiger partial charge on any atom is 0.157 e. The van der Waals surface area contributed by atoms with Crippen LogP contribution in [0.3, 0.4) is 0 Å². The van der Waals surface area contributed by atoms with Gasteiger partial charge in [0.05, 0.1) is 12.6 Å². The number of aliphatic imine (C=N–C) groups is 1. The molecule has 2 aliphatic rings. The van der Waals surface area contributed by atoms with Crippen molar-refractivity contribution < 1.29 is 0 Å². The van der Waals surface area contributed by atoms with Crippen molar-refractivity contribution in [2.45, 2.75) is 44.4 Å². The van der Waals surface area contributed by atoms with E-state index in [4.69, 9.17) is 0 Å². The number of hydrogen-bond donors (Lipinski definition) is 1. The van der Waals surface area contributed by atoms with Crippen molar-refractivity contribution in [3.63, 3.8) is 0 Å². The quantitative estimate of drug-likeness (QED) is 0.920. The summed E-state index contributed by atoms with van der Waals surface area (Å²) < 4.78 is 0. The first-order chi connectivity index (χ1) is 8.76. The summed E-state index contributed by atoms with van der Waals surface area (Å²) in [5.41, 5.74) is 0. The van der Waals surface area contributed by atoms with Crippen LogP contribution in [0.4, 0.5) is 0 Å². The van der Waals surface area contributed by atoms with Gasteiger partial charge in [-0.2, -0.15) is 0 Å². The highest BCUT2D eigenvalue weighted by Gasteiger charge is 2.35. The summed E-state index contributed by atoms with van der Waals surface area (Å²) in [6.07, 6.45) is 5.88. The molecule has 1 aromatic rings. The Hall–Kier alpha value is -0.550. The molecule has 1 saturated carbocycles. The average Bonchev–Trinajstić information content (AvgIpc) is 2.93. The minimum atomic E-state index is 0.277. The van der Waals surface area contributed by atoms with Crippen molar-refractivity contribution in [1.29, 1.82) is 0 Å². The summed E-state index contributed by atoms with van der Waals surface area (Å²) in [7, 11) is 0. The van der Waals surface area contributed by atoms with Crippen LogP contribution in [0.15, 0.2) is 11.2 Å². The lowest BCUT2D eigenvalue weighted by atomic mass is 10.3. The molecule has 1 aromatic heterocycles. The van der Waals surface area contributed by atoms with Gasteiger partial charge in [-0.15, -0.1) is 11.3 Å². The summed E-state index contributed by atoms with van der Waals surface area (Å²) in [5.74, 6) is 0.930. The summed E-state index contributed by atoms with van der Waals surface area (Å²) in [6.45, 7) is 5.35. The number of rotatable bonds is 4. The molecule has 18 heavy (non-hydrogen) atoms. The molecule has 0 bridgehead atoms. The molecule has 1 N–H and O–H groups in total. The Balaban J connectivity index is 1.55. The van der Waals surface area contributed by atoms with E-state index in [1.54, 1.807) is 11.3 Å². The lowest BCUT2D eigenvalue weighted by Gasteiger charge is -2.12. The van der Waals surface area contributed by atoms with Crippen molar-refractivity contribution >= 4 is 28.3 Å². The molecule has 3 rings (SSSR count). The lowest BCUT2D eigenvalue weighted by Crippen LogP contribution is -2.23. The number of thiazole rings is 1. The van der Waals surface area contributed by atoms with Crippen LogP contribution in [0.5, 0.6) is 0 Å². The maximum absolute atomic E-state index is 4.62. The first-order valence-electron chi connectivity index (χ1n) is 6.68. The molecule has 3 nitrogen and oxygen atoms in total. The molecule has 2 heterocycles. The molecule has 1 aliphatic carbocycles. The van der Waals surface area contributed by atoms with Gasteiger partial charge in [0.25, 0.3) is 0 Å². The van der Waals surface area contributed by atoms with Crippen molar-refractivity contribution in [3.05, 3.63) is 16.1 Å². The summed E-state index contributed by atoms with van der Waals surface area (Å²) in [6, 6.07) is 0.277. The Kier molecular flexibility index (Phi) is 3.61. The molecular formula is C13H19N3S2. The monoisotopic (exact) mass is 281 g/mol. The van der Waals surface area contributed by atoms with Gasteiger partial charge in [-0.05, 0) is 32.1 Å². The zero-order chi connectivity index (χ0) is 12.5. The van der Waals surface area contributed by atoms with E-state index in [0.717, 1.165) is 29.3 Å². The third kappa shape index (κ3) is 2.72. The standard InChI is InChI=1S/C13H19N3S2/c1-3-10-6-14-12(17-10)8(2)16-13-15-7-11(18-13)9-4-5-9/h6,8-9,11H,3-5,7H2,1-2H3,(H,15,16). The first kappa shape index (κ1) is 12.5. The molecule has 2 unspecified atom stereocenters. The largest absolute Gasteiger partial charge is 0.356 e. The third-order valence-corrected chi connectivity index (χ3v) is 6.09. The Morgan fingerprint density at radius 2 is 2.33 bits per heavy atom. The summed E-state index contributed by atoms with van der Waals surface area (Å²) in [5, 5.41) is 6.53. The number of aromatic nitrogens is 1. The minimum Gasteiger partial charge on any atom is -0.356 e. The van der Waals surface area contributed by atoms with E-state index >= 15 is 0 Å². The van der Waals surface area contributed by atoms with Crippen LogP contribution in [0.2, 0.25) is 0 Å². The van der Waals surface area contributed by atoms with Crippen LogP contribution in [0.25, 0.3) is 0 Å². The van der Waals surface area contributed by atoms with Gasteiger partial charge in [-0.3, -0.25) is 4.99 Å². The molecule has 1 aliphatic heterocycles. The molecule has 1 fully saturated rings. The molecule has 0 spiro atoms. The van der Waals surface area contributed by atoms with Gasteiger partial charge in [0.2, 0.25) is 0 Å². The number of hydrogen-bond acceptors (Lipinski definition) is 5. The number of aryl methyl sites for hydroxylation is 1. The predicted molar refractivity (Wildman–Crippen MR) is 79.4 cm³/mol. The zero-order valence-electron chi connectivity index (χ0n) is 10.8. The Labute approximate surface area is 116 Å². The van der Waals surface area contributed by atoms with E-state index in [9.17, 15) is 0 Å². The lowest BCUT2D eigenvalue weighted by molar-refractivity contribution is 0.714. The van der Waals surface area contributed by atoms with Crippen molar-refractivity contribution in [3.8, 4) is 0 Å². The average molecular weight is 281 g/mol. The van der Waals surface area contributed by atoms with Gasteiger partial charge < -0.3 is 5.32 Å². The van der Waals surface area contributed by atoms with Crippen LogP contribution in [0, 0.1) is 5.92 Å². The molecule has 5 heteroatoms. The van der Waals surface area contributed by atoms with E-state index in [-0.39, 0.29) is 6.04 Å². The van der Waals surface area contributed by atoms with E-state index in [1.165, 1.54) is 22.7 Å². The normalized spacial score (nSPS) is 25.0. The fourth-order valence-corrected chi connectivity index (χ4v) is 4.27. The molecule has 2 atom stereocenters. The Bertz CT molecular complexity index is 451. The minimum absolute atomic E-state index is 0.277. The summed E-state index contributed by atoms with van der Waals surface area (Å²) in [4.78, 5) is 10.5. The predicted octanol–water partition coefficient (Wildman–Crippen LogP) is 3.24. The number of amidine groups is 1. The fraction of sp³-hybridized carbons (Fsp3) is 0.692. The van der Waals surface area contributed by atoms with Gasteiger partial charge in [0.1, 0.15) is 5.01 Å². The van der Waals surface area contributed by atoms with Crippen LogP contribution in [0.1, 0.15) is 42.6 Å². The highest BCUT2D eigenvalue weighted by molar-refractivity contribution is 8.14. The van der Waals surface area contributed by atoms with Gasteiger partial charge in [-0.1, -0.05) is 18.7 Å². The van der Waals surface area contributed by atoms with E-state index in [1.807, 2.05) is 18.0 Å². The smallest absolute Gasteiger partial charge is 0.157 e. The third-order valence-electron chi connectivity index (χ3n) is 3.46. The first-order valence-corrected chi connectivity index (χ1v) is 8.38. The summed E-state index contributed by atoms with van der Waals surface area (Å²) >= 11 is 3.74. The highest BCUT2D eigenvalue weighted by atomic mass is 32.2. The zero-order valence-corrected chi connectivity index (χ0v) is 12.5. The molecule has 0 saturated heterocycles. The van der Waals surface area contributed by atoms with E-state index in [0.29, 0.717) is 0 Å². The maximum atomic E-state index is 4.62. The number of nitrogens with zero attached hydrogens (tertiary/aromatic N) is 2. The van der Waals surface area contributed by atoms with Gasteiger partial charge >= 0.3 is 0 Å². The molecular weight excluding hydrogens is 262 g/mol. The van der Waals surface area contributed by atoms with Gasteiger partial charge in [0, 0.05) is 16.3 Å². The molecule has 0 amide bonds. The van der Waals surface area contributed by atoms with Crippen molar-refractivity contribution in [2.24, 2.45) is 10.9 Å². The second kappa shape index (κ2) is 5.21. The molecule has 98 valence electrons. The van der Waals surface area contributed by atoms with Crippen molar-refractivity contribution in [1.82, 2.24) is 10.3 Å². The van der Waals surface area contributed by atoms with Gasteiger partial charge in [-0.25, -0.2) is 4.98 Å². The second-order valence-corrected chi connectivity index (χ2v) is 7.40. The second-order valence-electron chi connectivity index (χ2n) is 5.02. The Morgan fingerprint density at radius 3 is 3.00 bits per heavy atom. The van der Waals surface area contributed by atoms with E-state index in [2.05, 4.69) is 29.1 Å². The topological polar surface area (TPSA) is 37.3 Å². The molecule has 0 radical (unpaired) electrons. The number of thioether (sulfide) groups is 1. The Morgan fingerprint density at radius 1 is 1.50 bits per heavy atom. The van der Waals surface area contributed by atoms with Crippen LogP contribution >= 0.6 is 23.1 Å².